The lowest BCUT2D eigenvalue weighted by Crippen LogP contribution is -2.10. The number of ether oxygens (including phenoxy) is 1. The van der Waals surface area contributed by atoms with Gasteiger partial charge in [-0.05, 0) is 31.5 Å². The highest BCUT2D eigenvalue weighted by Gasteiger charge is 2.09. The Bertz CT molecular complexity index is 836. The van der Waals surface area contributed by atoms with Crippen LogP contribution in [-0.4, -0.2) is 17.1 Å². The first kappa shape index (κ1) is 16.8. The number of anilines is 3. The lowest BCUT2D eigenvalue weighted by molar-refractivity contribution is 0.417. The fourth-order valence-corrected chi connectivity index (χ4v) is 2.61. The van der Waals surface area contributed by atoms with Gasteiger partial charge in [-0.2, -0.15) is 4.98 Å². The Kier molecular flexibility index (Phi) is 5.14. The van der Waals surface area contributed by atoms with E-state index in [0.29, 0.717) is 5.95 Å². The molecule has 0 amide bonds. The Labute approximate surface area is 148 Å². The average Bonchev–Trinajstić information content (AvgIpc) is 2.62. The van der Waals surface area contributed by atoms with Gasteiger partial charge in [-0.25, -0.2) is 4.98 Å². The molecule has 0 spiro atoms. The molecule has 5 nitrogen and oxygen atoms in total. The highest BCUT2D eigenvalue weighted by atomic mass is 16.5. The maximum Gasteiger partial charge on any atom is 0.229 e. The highest BCUT2D eigenvalue weighted by Crippen LogP contribution is 2.26. The topological polar surface area (TPSA) is 59.1 Å². The van der Waals surface area contributed by atoms with Gasteiger partial charge in [-0.3, -0.25) is 0 Å². The summed E-state index contributed by atoms with van der Waals surface area (Å²) in [7, 11) is 1.64. The Hall–Kier alpha value is -3.08. The minimum absolute atomic E-state index is 0.148. The molecule has 5 heteroatoms. The first-order valence-electron chi connectivity index (χ1n) is 8.23. The van der Waals surface area contributed by atoms with E-state index in [1.54, 1.807) is 7.11 Å². The average molecular weight is 334 g/mol. The Morgan fingerprint density at radius 3 is 2.44 bits per heavy atom. The minimum atomic E-state index is 0.148. The molecule has 1 atom stereocenters. The highest BCUT2D eigenvalue weighted by molar-refractivity contribution is 5.63. The van der Waals surface area contributed by atoms with E-state index in [-0.39, 0.29) is 6.04 Å². The van der Waals surface area contributed by atoms with Crippen LogP contribution in [0.15, 0.2) is 60.7 Å². The van der Waals surface area contributed by atoms with E-state index in [1.165, 1.54) is 5.56 Å². The third kappa shape index (κ3) is 4.26. The number of rotatable bonds is 6. The lowest BCUT2D eigenvalue weighted by atomic mass is 10.1. The van der Waals surface area contributed by atoms with Crippen LogP contribution in [0.5, 0.6) is 5.75 Å². The van der Waals surface area contributed by atoms with E-state index in [2.05, 4.69) is 39.7 Å². The molecular weight excluding hydrogens is 312 g/mol. The summed E-state index contributed by atoms with van der Waals surface area (Å²) >= 11 is 0. The van der Waals surface area contributed by atoms with Crippen molar-refractivity contribution in [2.75, 3.05) is 17.7 Å². The van der Waals surface area contributed by atoms with Crippen molar-refractivity contribution in [2.24, 2.45) is 0 Å². The van der Waals surface area contributed by atoms with Gasteiger partial charge in [0, 0.05) is 17.8 Å². The molecule has 1 aromatic heterocycles. The zero-order valence-corrected chi connectivity index (χ0v) is 14.7. The molecule has 3 aromatic rings. The largest absolute Gasteiger partial charge is 0.495 e. The van der Waals surface area contributed by atoms with Crippen molar-refractivity contribution >= 4 is 17.5 Å². The fraction of sp³-hybridized carbons (Fsp3) is 0.200. The summed E-state index contributed by atoms with van der Waals surface area (Å²) in [5.74, 6) is 2.06. The molecule has 3 rings (SSSR count). The van der Waals surface area contributed by atoms with Gasteiger partial charge < -0.3 is 15.4 Å². The van der Waals surface area contributed by atoms with Crippen LogP contribution >= 0.6 is 0 Å². The standard InChI is InChI=1S/C20H22N4O/c1-14-13-19(22-15(2)16-9-5-4-6-10-16)24-20(21-14)23-17-11-7-8-12-18(17)25-3/h4-13,15H,1-3H3,(H2,21,22,23,24). The number of para-hydroxylation sites is 2. The van der Waals surface area contributed by atoms with Crippen LogP contribution in [0, 0.1) is 6.92 Å². The molecule has 0 aliphatic heterocycles. The maximum absolute atomic E-state index is 5.37. The van der Waals surface area contributed by atoms with Crippen LogP contribution in [0.1, 0.15) is 24.2 Å². The molecule has 0 saturated carbocycles. The minimum Gasteiger partial charge on any atom is -0.495 e. The van der Waals surface area contributed by atoms with Crippen LogP contribution in [0.25, 0.3) is 0 Å². The third-order valence-electron chi connectivity index (χ3n) is 3.87. The van der Waals surface area contributed by atoms with Crippen molar-refractivity contribution < 1.29 is 4.74 Å². The lowest BCUT2D eigenvalue weighted by Gasteiger charge is -2.16. The second kappa shape index (κ2) is 7.66. The van der Waals surface area contributed by atoms with Crippen LogP contribution in [0.3, 0.4) is 0 Å². The quantitative estimate of drug-likeness (QED) is 0.683. The number of nitrogens with one attached hydrogen (secondary N) is 2. The van der Waals surface area contributed by atoms with Gasteiger partial charge in [-0.1, -0.05) is 42.5 Å². The SMILES string of the molecule is COc1ccccc1Nc1nc(C)cc(NC(C)c2ccccc2)n1. The Balaban J connectivity index is 1.81. The molecule has 0 aliphatic rings. The van der Waals surface area contributed by atoms with Crippen LogP contribution in [0.4, 0.5) is 17.5 Å². The molecule has 1 heterocycles. The van der Waals surface area contributed by atoms with Crippen molar-refractivity contribution in [2.45, 2.75) is 19.9 Å². The van der Waals surface area contributed by atoms with Crippen LogP contribution in [0.2, 0.25) is 0 Å². The van der Waals surface area contributed by atoms with Crippen molar-refractivity contribution in [1.82, 2.24) is 9.97 Å². The van der Waals surface area contributed by atoms with E-state index >= 15 is 0 Å². The zero-order chi connectivity index (χ0) is 17.6. The zero-order valence-electron chi connectivity index (χ0n) is 14.7. The number of aromatic nitrogens is 2. The molecule has 0 radical (unpaired) electrons. The second-order valence-corrected chi connectivity index (χ2v) is 5.82. The van der Waals surface area contributed by atoms with E-state index in [1.807, 2.05) is 55.5 Å². The number of methoxy groups -OCH3 is 1. The predicted octanol–water partition coefficient (Wildman–Crippen LogP) is 4.71. The first-order valence-corrected chi connectivity index (χ1v) is 8.23. The maximum atomic E-state index is 5.37. The molecule has 2 aromatic carbocycles. The molecule has 0 aliphatic carbocycles. The first-order chi connectivity index (χ1) is 12.2. The molecule has 0 saturated heterocycles. The monoisotopic (exact) mass is 334 g/mol. The summed E-state index contributed by atoms with van der Waals surface area (Å²) in [6, 6.07) is 20.1. The normalized spacial score (nSPS) is 11.6. The number of aryl methyl sites for hydroxylation is 1. The van der Waals surface area contributed by atoms with E-state index < -0.39 is 0 Å². The Morgan fingerprint density at radius 1 is 0.960 bits per heavy atom. The molecular formula is C20H22N4O. The summed E-state index contributed by atoms with van der Waals surface area (Å²) in [6.45, 7) is 4.06. The summed E-state index contributed by atoms with van der Waals surface area (Å²) in [6.07, 6.45) is 0. The fourth-order valence-electron chi connectivity index (χ4n) is 2.61. The van der Waals surface area contributed by atoms with Crippen molar-refractivity contribution in [3.05, 3.63) is 71.9 Å². The van der Waals surface area contributed by atoms with Gasteiger partial charge in [0.25, 0.3) is 0 Å². The smallest absolute Gasteiger partial charge is 0.229 e. The number of benzene rings is 2. The summed E-state index contributed by atoms with van der Waals surface area (Å²) in [5.41, 5.74) is 2.92. The van der Waals surface area contributed by atoms with Crippen LogP contribution < -0.4 is 15.4 Å². The summed E-state index contributed by atoms with van der Waals surface area (Å²) in [4.78, 5) is 9.05. The van der Waals surface area contributed by atoms with Gasteiger partial charge in [0.1, 0.15) is 11.6 Å². The number of hydrogen-bond donors (Lipinski definition) is 2. The van der Waals surface area contributed by atoms with Crippen LogP contribution in [-0.2, 0) is 0 Å². The molecule has 2 N–H and O–H groups in total. The summed E-state index contributed by atoms with van der Waals surface area (Å²) < 4.78 is 5.37. The molecule has 0 fully saturated rings. The Morgan fingerprint density at radius 2 is 1.68 bits per heavy atom. The van der Waals surface area contributed by atoms with Gasteiger partial charge in [-0.15, -0.1) is 0 Å². The van der Waals surface area contributed by atoms with E-state index in [9.17, 15) is 0 Å². The van der Waals surface area contributed by atoms with Gasteiger partial charge in [0.15, 0.2) is 0 Å². The van der Waals surface area contributed by atoms with E-state index in [0.717, 1.165) is 22.9 Å². The number of nitrogens with zero attached hydrogens (tertiary/aromatic N) is 2. The predicted molar refractivity (Wildman–Crippen MR) is 102 cm³/mol. The van der Waals surface area contributed by atoms with Crippen molar-refractivity contribution in [3.8, 4) is 5.75 Å². The molecule has 0 bridgehead atoms. The number of hydrogen-bond acceptors (Lipinski definition) is 5. The van der Waals surface area contributed by atoms with Gasteiger partial charge in [0.2, 0.25) is 5.95 Å². The van der Waals surface area contributed by atoms with Gasteiger partial charge >= 0.3 is 0 Å². The molecule has 128 valence electrons. The van der Waals surface area contributed by atoms with E-state index in [4.69, 9.17) is 4.74 Å². The second-order valence-electron chi connectivity index (χ2n) is 5.82. The van der Waals surface area contributed by atoms with Gasteiger partial charge in [0.05, 0.1) is 12.8 Å². The third-order valence-corrected chi connectivity index (χ3v) is 3.87. The van der Waals surface area contributed by atoms with Crippen molar-refractivity contribution in [1.29, 1.82) is 0 Å². The molecule has 25 heavy (non-hydrogen) atoms. The van der Waals surface area contributed by atoms with Crippen molar-refractivity contribution in [3.63, 3.8) is 0 Å². The summed E-state index contributed by atoms with van der Waals surface area (Å²) in [5, 5.41) is 6.66. The molecule has 1 unspecified atom stereocenters.